The molecule has 170 valence electrons. The van der Waals surface area contributed by atoms with Crippen LogP contribution in [0.2, 0.25) is 5.02 Å². The van der Waals surface area contributed by atoms with Gasteiger partial charge >= 0.3 is 6.18 Å². The Kier molecular flexibility index (Phi) is 6.31. The second-order valence-electron chi connectivity index (χ2n) is 7.31. The molecule has 32 heavy (non-hydrogen) atoms. The summed E-state index contributed by atoms with van der Waals surface area (Å²) in [5, 5.41) is 13.4. The van der Waals surface area contributed by atoms with Gasteiger partial charge in [0.1, 0.15) is 5.69 Å². The fraction of sp³-hybridized carbons (Fsp3) is 0.300. The molecule has 1 aliphatic heterocycles. The van der Waals surface area contributed by atoms with Crippen LogP contribution in [0.3, 0.4) is 0 Å². The molecule has 0 radical (unpaired) electrons. The Hall–Kier alpha value is -3.34. The number of nitro benzene ring substituents is 1. The van der Waals surface area contributed by atoms with Gasteiger partial charge in [-0.2, -0.15) is 13.2 Å². The lowest BCUT2D eigenvalue weighted by Gasteiger charge is -2.30. The van der Waals surface area contributed by atoms with Gasteiger partial charge in [0.15, 0.2) is 0 Å². The van der Waals surface area contributed by atoms with Crippen molar-refractivity contribution in [3.63, 3.8) is 0 Å². The first-order valence-corrected chi connectivity index (χ1v) is 9.75. The smallest absolute Gasteiger partial charge is 0.360 e. The van der Waals surface area contributed by atoms with Crippen LogP contribution in [-0.4, -0.2) is 36.4 Å². The second-order valence-corrected chi connectivity index (χ2v) is 7.72. The van der Waals surface area contributed by atoms with Crippen molar-refractivity contribution in [2.45, 2.75) is 25.6 Å². The van der Waals surface area contributed by atoms with Crippen molar-refractivity contribution < 1.29 is 27.7 Å². The summed E-state index contributed by atoms with van der Waals surface area (Å²) in [7, 11) is 1.33. The van der Waals surface area contributed by atoms with Crippen molar-refractivity contribution in [3.05, 3.63) is 57.1 Å². The Morgan fingerprint density at radius 3 is 2.62 bits per heavy atom. The zero-order valence-electron chi connectivity index (χ0n) is 16.9. The SMILES string of the molecule is C[C@H]1CC(=O)Nc2ccccc2N1C(=O)CN(C)c1cc(Cl)c(C(F)(F)F)cc1[N+](=O)[O-]. The third-order valence-corrected chi connectivity index (χ3v) is 5.29. The third-order valence-electron chi connectivity index (χ3n) is 4.98. The van der Waals surface area contributed by atoms with E-state index in [1.165, 1.54) is 11.9 Å². The highest BCUT2D eigenvalue weighted by molar-refractivity contribution is 6.32. The molecule has 2 aromatic carbocycles. The van der Waals surface area contributed by atoms with E-state index in [-0.39, 0.29) is 18.0 Å². The van der Waals surface area contributed by atoms with Gasteiger partial charge < -0.3 is 15.1 Å². The number of anilines is 3. The Bertz CT molecular complexity index is 1090. The highest BCUT2D eigenvalue weighted by Gasteiger charge is 2.37. The van der Waals surface area contributed by atoms with Crippen molar-refractivity contribution in [2.75, 3.05) is 28.7 Å². The second kappa shape index (κ2) is 8.65. The van der Waals surface area contributed by atoms with Gasteiger partial charge in [0.25, 0.3) is 5.69 Å². The summed E-state index contributed by atoms with van der Waals surface area (Å²) in [6.45, 7) is 1.27. The molecule has 0 saturated heterocycles. The average molecular weight is 471 g/mol. The summed E-state index contributed by atoms with van der Waals surface area (Å²) in [4.78, 5) is 38.3. The summed E-state index contributed by atoms with van der Waals surface area (Å²) >= 11 is 5.74. The molecule has 0 saturated carbocycles. The number of carbonyl (C=O) groups is 2. The van der Waals surface area contributed by atoms with Crippen LogP contribution in [0.25, 0.3) is 0 Å². The van der Waals surface area contributed by atoms with Gasteiger partial charge in [-0.3, -0.25) is 19.7 Å². The minimum absolute atomic E-state index is 0.0242. The minimum Gasteiger partial charge on any atom is -0.360 e. The van der Waals surface area contributed by atoms with E-state index in [0.717, 1.165) is 11.0 Å². The van der Waals surface area contributed by atoms with Crippen molar-refractivity contribution in [1.82, 2.24) is 0 Å². The normalized spacial score (nSPS) is 16.1. The zero-order chi connectivity index (χ0) is 23.8. The molecule has 3 rings (SSSR count). The van der Waals surface area contributed by atoms with E-state index < -0.39 is 45.9 Å². The van der Waals surface area contributed by atoms with Crippen LogP contribution < -0.4 is 15.1 Å². The number of nitro groups is 1. The summed E-state index contributed by atoms with van der Waals surface area (Å²) in [5.74, 6) is -0.784. The molecule has 0 aromatic heterocycles. The van der Waals surface area contributed by atoms with Gasteiger partial charge in [0.05, 0.1) is 33.4 Å². The number of carbonyl (C=O) groups excluding carboxylic acids is 2. The highest BCUT2D eigenvalue weighted by Crippen LogP contribution is 2.41. The van der Waals surface area contributed by atoms with Gasteiger partial charge in [-0.1, -0.05) is 23.7 Å². The summed E-state index contributed by atoms with van der Waals surface area (Å²) in [6, 6.07) is 7.31. The Balaban J connectivity index is 1.96. The number of para-hydroxylation sites is 2. The van der Waals surface area contributed by atoms with E-state index in [1.807, 2.05) is 0 Å². The molecule has 1 heterocycles. The Morgan fingerprint density at radius 2 is 2.00 bits per heavy atom. The van der Waals surface area contributed by atoms with Crippen molar-refractivity contribution >= 4 is 46.2 Å². The molecule has 0 aliphatic carbocycles. The zero-order valence-corrected chi connectivity index (χ0v) is 17.7. The van der Waals surface area contributed by atoms with Crippen molar-refractivity contribution in [1.29, 1.82) is 0 Å². The minimum atomic E-state index is -4.88. The lowest BCUT2D eigenvalue weighted by atomic mass is 10.1. The maximum atomic E-state index is 13.2. The third kappa shape index (κ3) is 4.62. The number of amides is 2. The molecule has 2 aromatic rings. The predicted molar refractivity (Wildman–Crippen MR) is 113 cm³/mol. The topological polar surface area (TPSA) is 95.8 Å². The van der Waals surface area contributed by atoms with E-state index in [2.05, 4.69) is 5.32 Å². The van der Waals surface area contributed by atoms with E-state index >= 15 is 0 Å². The predicted octanol–water partition coefficient (Wildman–Crippen LogP) is 4.47. The number of alkyl halides is 3. The van der Waals surface area contributed by atoms with Crippen LogP contribution in [0.4, 0.5) is 35.9 Å². The van der Waals surface area contributed by atoms with E-state index in [4.69, 9.17) is 11.6 Å². The number of benzene rings is 2. The van der Waals surface area contributed by atoms with Crippen LogP contribution in [0.15, 0.2) is 36.4 Å². The standard InChI is InChI=1S/C20H18ClF3N4O4/c1-11-7-18(29)25-14-5-3-4-6-15(14)27(11)19(30)10-26(2)16-9-13(21)12(20(22,23)24)8-17(16)28(31)32/h3-6,8-9,11H,7,10H2,1-2H3,(H,25,29)/t11-/m0/s1. The number of halogens is 4. The number of hydrogen-bond acceptors (Lipinski definition) is 5. The average Bonchev–Trinajstić information content (AvgIpc) is 2.80. The largest absolute Gasteiger partial charge is 0.418 e. The Labute approximate surface area is 185 Å². The summed E-state index contributed by atoms with van der Waals surface area (Å²) in [6.07, 6.45) is -4.85. The molecule has 1 N–H and O–H groups in total. The maximum absolute atomic E-state index is 13.2. The van der Waals surface area contributed by atoms with Crippen LogP contribution in [-0.2, 0) is 15.8 Å². The molecule has 8 nitrogen and oxygen atoms in total. The highest BCUT2D eigenvalue weighted by atomic mass is 35.5. The van der Waals surface area contributed by atoms with Crippen LogP contribution >= 0.6 is 11.6 Å². The van der Waals surface area contributed by atoms with Gasteiger partial charge in [-0.05, 0) is 25.1 Å². The first-order valence-electron chi connectivity index (χ1n) is 9.37. The van der Waals surface area contributed by atoms with Gasteiger partial charge in [0, 0.05) is 25.6 Å². The van der Waals surface area contributed by atoms with Gasteiger partial charge in [-0.25, -0.2) is 0 Å². The first kappa shape index (κ1) is 23.3. The summed E-state index contributed by atoms with van der Waals surface area (Å²) in [5.41, 5.74) is -1.54. The summed E-state index contributed by atoms with van der Waals surface area (Å²) < 4.78 is 39.4. The van der Waals surface area contributed by atoms with E-state index in [9.17, 15) is 32.9 Å². The fourth-order valence-electron chi connectivity index (χ4n) is 3.55. The van der Waals surface area contributed by atoms with Crippen LogP contribution in [0, 0.1) is 10.1 Å². The number of hydrogen-bond donors (Lipinski definition) is 1. The molecule has 2 amide bonds. The molecule has 0 spiro atoms. The molecule has 0 bridgehead atoms. The molecule has 0 unspecified atom stereocenters. The van der Waals surface area contributed by atoms with E-state index in [0.29, 0.717) is 17.4 Å². The quantitative estimate of drug-likeness (QED) is 0.525. The van der Waals surface area contributed by atoms with Crippen LogP contribution in [0.1, 0.15) is 18.9 Å². The number of rotatable bonds is 4. The molecular formula is C20H18ClF3N4O4. The fourth-order valence-corrected chi connectivity index (χ4v) is 3.82. The maximum Gasteiger partial charge on any atom is 0.418 e. The number of nitrogens with zero attached hydrogens (tertiary/aromatic N) is 3. The molecule has 0 fully saturated rings. The molecule has 12 heteroatoms. The number of likely N-dealkylation sites (N-methyl/N-ethyl adjacent to an activating group) is 1. The van der Waals surface area contributed by atoms with E-state index in [1.54, 1.807) is 31.2 Å². The first-order chi connectivity index (χ1) is 14.9. The lowest BCUT2D eigenvalue weighted by Crippen LogP contribution is -2.44. The lowest BCUT2D eigenvalue weighted by molar-refractivity contribution is -0.384. The number of nitrogens with one attached hydrogen (secondary N) is 1. The molecule has 1 aliphatic rings. The van der Waals surface area contributed by atoms with Crippen LogP contribution in [0.5, 0.6) is 0 Å². The number of fused-ring (bicyclic) bond motifs is 1. The molecular weight excluding hydrogens is 453 g/mol. The van der Waals surface area contributed by atoms with Gasteiger partial charge in [0.2, 0.25) is 11.8 Å². The van der Waals surface area contributed by atoms with Crippen molar-refractivity contribution in [2.24, 2.45) is 0 Å². The van der Waals surface area contributed by atoms with Crippen molar-refractivity contribution in [3.8, 4) is 0 Å². The van der Waals surface area contributed by atoms with Gasteiger partial charge in [-0.15, -0.1) is 0 Å². The molecule has 1 atom stereocenters. The monoisotopic (exact) mass is 470 g/mol. The Morgan fingerprint density at radius 1 is 1.34 bits per heavy atom.